The van der Waals surface area contributed by atoms with Crippen LogP contribution in [-0.2, 0) is 6.42 Å². The second-order valence-electron chi connectivity index (χ2n) is 6.16. The lowest BCUT2D eigenvalue weighted by molar-refractivity contribution is 0.0717. The summed E-state index contributed by atoms with van der Waals surface area (Å²) >= 11 is 0. The molecule has 2 aromatic rings. The van der Waals surface area contributed by atoms with Crippen molar-refractivity contribution in [2.75, 3.05) is 31.6 Å². The number of amides is 1. The molecule has 1 aliphatic heterocycles. The molecule has 0 N–H and O–H groups in total. The van der Waals surface area contributed by atoms with Crippen LogP contribution in [0.4, 0.5) is 5.82 Å². The molecule has 0 spiro atoms. The number of aromatic nitrogens is 3. The Labute approximate surface area is 142 Å². The van der Waals surface area contributed by atoms with Crippen molar-refractivity contribution >= 4 is 11.7 Å². The molecule has 0 aliphatic carbocycles. The topological polar surface area (TPSA) is 62.2 Å². The summed E-state index contributed by atoms with van der Waals surface area (Å²) in [6, 6.07) is 7.68. The van der Waals surface area contributed by atoms with Crippen LogP contribution in [0.5, 0.6) is 0 Å². The van der Waals surface area contributed by atoms with E-state index in [-0.39, 0.29) is 5.91 Å². The van der Waals surface area contributed by atoms with Gasteiger partial charge < -0.3 is 9.80 Å². The van der Waals surface area contributed by atoms with Crippen LogP contribution in [0.1, 0.15) is 35.3 Å². The maximum atomic E-state index is 12.4. The highest BCUT2D eigenvalue weighted by Crippen LogP contribution is 2.14. The average molecular weight is 325 g/mol. The van der Waals surface area contributed by atoms with E-state index in [0.717, 1.165) is 44.7 Å². The fraction of sp³-hybridized carbons (Fsp3) is 0.444. The zero-order valence-electron chi connectivity index (χ0n) is 14.1. The minimum absolute atomic E-state index is 0.00631. The minimum atomic E-state index is -0.00631. The summed E-state index contributed by atoms with van der Waals surface area (Å²) in [4.78, 5) is 20.3. The van der Waals surface area contributed by atoms with Crippen LogP contribution in [0.15, 0.2) is 36.7 Å². The first-order valence-electron chi connectivity index (χ1n) is 8.47. The van der Waals surface area contributed by atoms with Crippen molar-refractivity contribution in [3.63, 3.8) is 0 Å². The van der Waals surface area contributed by atoms with Gasteiger partial charge in [0, 0.05) is 39.1 Å². The number of nitrogens with zero attached hydrogens (tertiary/aromatic N) is 5. The SMILES string of the molecule is CN(CCc1ccncc1)c1ccc(C(=O)N2CCCCC2)nn1. The number of likely N-dealkylation sites (N-methyl/N-ethyl adjacent to an activating group) is 1. The highest BCUT2D eigenvalue weighted by Gasteiger charge is 2.19. The lowest BCUT2D eigenvalue weighted by Gasteiger charge is -2.26. The van der Waals surface area contributed by atoms with Gasteiger partial charge in [-0.3, -0.25) is 9.78 Å². The van der Waals surface area contributed by atoms with Gasteiger partial charge in [-0.05, 0) is 55.5 Å². The predicted molar refractivity (Wildman–Crippen MR) is 93.0 cm³/mol. The second kappa shape index (κ2) is 7.86. The van der Waals surface area contributed by atoms with Crippen LogP contribution < -0.4 is 4.90 Å². The Morgan fingerprint density at radius 2 is 1.83 bits per heavy atom. The van der Waals surface area contributed by atoms with Crippen LogP contribution in [0.25, 0.3) is 0 Å². The summed E-state index contributed by atoms with van der Waals surface area (Å²) in [5.41, 5.74) is 1.67. The number of hydrogen-bond donors (Lipinski definition) is 0. The fourth-order valence-electron chi connectivity index (χ4n) is 2.86. The van der Waals surface area contributed by atoms with Crippen LogP contribution in [0, 0.1) is 0 Å². The highest BCUT2D eigenvalue weighted by atomic mass is 16.2. The monoisotopic (exact) mass is 325 g/mol. The van der Waals surface area contributed by atoms with Crippen LogP contribution >= 0.6 is 0 Å². The summed E-state index contributed by atoms with van der Waals surface area (Å²) in [6.07, 6.45) is 7.88. The molecule has 126 valence electrons. The minimum Gasteiger partial charge on any atom is -0.358 e. The Balaban J connectivity index is 1.58. The van der Waals surface area contributed by atoms with Crippen molar-refractivity contribution in [3.05, 3.63) is 47.9 Å². The number of pyridine rings is 1. The maximum absolute atomic E-state index is 12.4. The number of hydrogen-bond acceptors (Lipinski definition) is 5. The molecule has 6 nitrogen and oxygen atoms in total. The molecule has 3 rings (SSSR count). The van der Waals surface area contributed by atoms with Crippen molar-refractivity contribution in [1.82, 2.24) is 20.1 Å². The van der Waals surface area contributed by atoms with Gasteiger partial charge in [-0.15, -0.1) is 10.2 Å². The standard InChI is InChI=1S/C18H23N5O/c1-22(14-9-15-7-10-19-11-8-15)17-6-5-16(20-21-17)18(24)23-12-3-2-4-13-23/h5-8,10-11H,2-4,9,12-14H2,1H3. The van der Waals surface area contributed by atoms with E-state index < -0.39 is 0 Å². The van der Waals surface area contributed by atoms with Crippen molar-refractivity contribution in [1.29, 1.82) is 0 Å². The van der Waals surface area contributed by atoms with Crippen molar-refractivity contribution in [3.8, 4) is 0 Å². The maximum Gasteiger partial charge on any atom is 0.274 e. The molecule has 1 saturated heterocycles. The Morgan fingerprint density at radius 1 is 1.08 bits per heavy atom. The van der Waals surface area contributed by atoms with Gasteiger partial charge in [-0.1, -0.05) is 0 Å². The van der Waals surface area contributed by atoms with Gasteiger partial charge in [-0.2, -0.15) is 0 Å². The Bertz CT molecular complexity index is 653. The normalized spacial score (nSPS) is 14.5. The first kappa shape index (κ1) is 16.4. The van der Waals surface area contributed by atoms with E-state index in [1.165, 1.54) is 12.0 Å². The van der Waals surface area contributed by atoms with Crippen molar-refractivity contribution in [2.24, 2.45) is 0 Å². The van der Waals surface area contributed by atoms with Gasteiger partial charge >= 0.3 is 0 Å². The van der Waals surface area contributed by atoms with E-state index >= 15 is 0 Å². The Morgan fingerprint density at radius 3 is 2.50 bits per heavy atom. The molecule has 1 aliphatic rings. The summed E-state index contributed by atoms with van der Waals surface area (Å²) < 4.78 is 0. The van der Waals surface area contributed by atoms with E-state index in [1.54, 1.807) is 18.5 Å². The number of piperidine rings is 1. The number of carbonyl (C=O) groups excluding carboxylic acids is 1. The number of carbonyl (C=O) groups is 1. The summed E-state index contributed by atoms with van der Waals surface area (Å²) in [6.45, 7) is 2.49. The molecule has 3 heterocycles. The van der Waals surface area contributed by atoms with E-state index in [9.17, 15) is 4.79 Å². The predicted octanol–water partition coefficient (Wildman–Crippen LogP) is 2.18. The molecule has 1 fully saturated rings. The van der Waals surface area contributed by atoms with E-state index in [0.29, 0.717) is 5.69 Å². The summed E-state index contributed by atoms with van der Waals surface area (Å²) in [5.74, 6) is 0.771. The lowest BCUT2D eigenvalue weighted by Crippen LogP contribution is -2.36. The molecule has 1 amide bonds. The lowest BCUT2D eigenvalue weighted by atomic mass is 10.1. The molecular weight excluding hydrogens is 302 g/mol. The molecule has 24 heavy (non-hydrogen) atoms. The quantitative estimate of drug-likeness (QED) is 0.843. The molecule has 0 radical (unpaired) electrons. The number of likely N-dealkylation sites (tertiary alicyclic amines) is 1. The Hall–Kier alpha value is -2.50. The average Bonchev–Trinajstić information content (AvgIpc) is 2.67. The molecule has 2 aromatic heterocycles. The second-order valence-corrected chi connectivity index (χ2v) is 6.16. The zero-order chi connectivity index (χ0) is 16.8. The van der Waals surface area contributed by atoms with Gasteiger partial charge in [0.05, 0.1) is 0 Å². The Kier molecular flexibility index (Phi) is 5.36. The third-order valence-corrected chi connectivity index (χ3v) is 4.39. The smallest absolute Gasteiger partial charge is 0.274 e. The third kappa shape index (κ3) is 4.07. The van der Waals surface area contributed by atoms with Gasteiger partial charge in [0.1, 0.15) is 0 Å². The van der Waals surface area contributed by atoms with Gasteiger partial charge in [0.2, 0.25) is 0 Å². The van der Waals surface area contributed by atoms with Crippen molar-refractivity contribution in [2.45, 2.75) is 25.7 Å². The first-order valence-corrected chi connectivity index (χ1v) is 8.47. The van der Waals surface area contributed by atoms with Crippen LogP contribution in [0.2, 0.25) is 0 Å². The van der Waals surface area contributed by atoms with E-state index in [2.05, 4.69) is 15.2 Å². The first-order chi connectivity index (χ1) is 11.7. The van der Waals surface area contributed by atoms with E-state index in [1.807, 2.05) is 35.0 Å². The molecule has 0 bridgehead atoms. The largest absolute Gasteiger partial charge is 0.358 e. The number of anilines is 1. The number of rotatable bonds is 5. The summed E-state index contributed by atoms with van der Waals surface area (Å²) in [5, 5.41) is 8.36. The van der Waals surface area contributed by atoms with Gasteiger partial charge in [0.25, 0.3) is 5.91 Å². The molecule has 6 heteroatoms. The third-order valence-electron chi connectivity index (χ3n) is 4.39. The highest BCUT2D eigenvalue weighted by molar-refractivity contribution is 5.92. The molecule has 0 aromatic carbocycles. The van der Waals surface area contributed by atoms with Crippen molar-refractivity contribution < 1.29 is 4.79 Å². The molecular formula is C18H23N5O. The van der Waals surface area contributed by atoms with Crippen LogP contribution in [-0.4, -0.2) is 52.7 Å². The zero-order valence-corrected chi connectivity index (χ0v) is 14.1. The van der Waals surface area contributed by atoms with Gasteiger partial charge in [0.15, 0.2) is 11.5 Å². The van der Waals surface area contributed by atoms with Crippen LogP contribution in [0.3, 0.4) is 0 Å². The van der Waals surface area contributed by atoms with E-state index in [4.69, 9.17) is 0 Å². The molecule has 0 unspecified atom stereocenters. The summed E-state index contributed by atoms with van der Waals surface area (Å²) in [7, 11) is 1.98. The molecule has 0 saturated carbocycles. The fourth-order valence-corrected chi connectivity index (χ4v) is 2.86. The molecule has 0 atom stereocenters. The van der Waals surface area contributed by atoms with Gasteiger partial charge in [-0.25, -0.2) is 0 Å².